The van der Waals surface area contributed by atoms with Gasteiger partial charge in [-0.1, -0.05) is 20.8 Å². The van der Waals surface area contributed by atoms with Crippen molar-refractivity contribution in [2.75, 3.05) is 7.11 Å². The van der Waals surface area contributed by atoms with Gasteiger partial charge >= 0.3 is 5.97 Å². The van der Waals surface area contributed by atoms with Crippen molar-refractivity contribution in [1.82, 2.24) is 9.78 Å². The van der Waals surface area contributed by atoms with Gasteiger partial charge in [0, 0.05) is 18.2 Å². The Kier molecular flexibility index (Phi) is 2.64. The SMILES string of the molecule is COC(=O)c1cc(C(C)(C)C)n(C)n1. The molecule has 0 atom stereocenters. The fourth-order valence-corrected chi connectivity index (χ4v) is 1.37. The fourth-order valence-electron chi connectivity index (χ4n) is 1.37. The smallest absolute Gasteiger partial charge is 0.358 e. The van der Waals surface area contributed by atoms with Crippen molar-refractivity contribution in [3.05, 3.63) is 17.5 Å². The van der Waals surface area contributed by atoms with Gasteiger partial charge in [-0.25, -0.2) is 4.79 Å². The van der Waals surface area contributed by atoms with Crippen LogP contribution in [0.15, 0.2) is 6.07 Å². The van der Waals surface area contributed by atoms with Gasteiger partial charge in [0.25, 0.3) is 0 Å². The summed E-state index contributed by atoms with van der Waals surface area (Å²) in [6.07, 6.45) is 0. The molecule has 0 spiro atoms. The second-order valence-electron chi connectivity index (χ2n) is 4.28. The number of carbonyl (C=O) groups excluding carboxylic acids is 1. The number of esters is 1. The molecule has 0 aliphatic carbocycles. The number of rotatable bonds is 1. The van der Waals surface area contributed by atoms with Crippen LogP contribution in [-0.4, -0.2) is 22.9 Å². The van der Waals surface area contributed by atoms with Crippen LogP contribution in [0.3, 0.4) is 0 Å². The van der Waals surface area contributed by atoms with Gasteiger partial charge < -0.3 is 4.74 Å². The number of hydrogen-bond donors (Lipinski definition) is 0. The van der Waals surface area contributed by atoms with E-state index in [0.29, 0.717) is 5.69 Å². The van der Waals surface area contributed by atoms with E-state index in [9.17, 15) is 4.79 Å². The topological polar surface area (TPSA) is 44.1 Å². The third kappa shape index (κ3) is 1.95. The Morgan fingerprint density at radius 2 is 2.07 bits per heavy atom. The van der Waals surface area contributed by atoms with Crippen molar-refractivity contribution in [2.45, 2.75) is 26.2 Å². The van der Waals surface area contributed by atoms with Gasteiger partial charge in [-0.15, -0.1) is 0 Å². The zero-order valence-electron chi connectivity index (χ0n) is 9.29. The van der Waals surface area contributed by atoms with Crippen LogP contribution in [-0.2, 0) is 17.2 Å². The summed E-state index contributed by atoms with van der Waals surface area (Å²) in [7, 11) is 3.18. The van der Waals surface area contributed by atoms with E-state index < -0.39 is 5.97 Å². The molecule has 4 heteroatoms. The Bertz CT molecular complexity index is 347. The molecule has 1 rings (SSSR count). The number of hydrogen-bond acceptors (Lipinski definition) is 3. The lowest BCUT2D eigenvalue weighted by molar-refractivity contribution is 0.0593. The van der Waals surface area contributed by atoms with Crippen LogP contribution in [0.5, 0.6) is 0 Å². The number of methoxy groups -OCH3 is 1. The molecule has 4 nitrogen and oxygen atoms in total. The molecular weight excluding hydrogens is 180 g/mol. The highest BCUT2D eigenvalue weighted by Gasteiger charge is 2.21. The minimum Gasteiger partial charge on any atom is -0.464 e. The van der Waals surface area contributed by atoms with E-state index in [1.54, 1.807) is 10.7 Å². The van der Waals surface area contributed by atoms with Crippen molar-refractivity contribution in [1.29, 1.82) is 0 Å². The largest absolute Gasteiger partial charge is 0.464 e. The summed E-state index contributed by atoms with van der Waals surface area (Å²) in [4.78, 5) is 11.2. The van der Waals surface area contributed by atoms with Crippen LogP contribution in [0, 0.1) is 0 Å². The van der Waals surface area contributed by atoms with Crippen LogP contribution >= 0.6 is 0 Å². The van der Waals surface area contributed by atoms with Crippen LogP contribution in [0.1, 0.15) is 37.0 Å². The molecule has 0 radical (unpaired) electrons. The summed E-state index contributed by atoms with van der Waals surface area (Å²) in [5.41, 5.74) is 1.35. The molecule has 1 aromatic heterocycles. The van der Waals surface area contributed by atoms with Crippen molar-refractivity contribution in [2.24, 2.45) is 7.05 Å². The Labute approximate surface area is 83.9 Å². The fraction of sp³-hybridized carbons (Fsp3) is 0.600. The highest BCUT2D eigenvalue weighted by molar-refractivity contribution is 5.87. The minimum atomic E-state index is -0.393. The second kappa shape index (κ2) is 3.44. The monoisotopic (exact) mass is 196 g/mol. The molecule has 0 amide bonds. The van der Waals surface area contributed by atoms with Crippen LogP contribution in [0.25, 0.3) is 0 Å². The summed E-state index contributed by atoms with van der Waals surface area (Å²) in [5.74, 6) is -0.393. The first-order chi connectivity index (χ1) is 6.36. The van der Waals surface area contributed by atoms with Gasteiger partial charge in [-0.3, -0.25) is 4.68 Å². The van der Waals surface area contributed by atoms with Gasteiger partial charge in [-0.2, -0.15) is 5.10 Å². The van der Waals surface area contributed by atoms with E-state index in [-0.39, 0.29) is 5.41 Å². The quantitative estimate of drug-likeness (QED) is 0.639. The van der Waals surface area contributed by atoms with Gasteiger partial charge in [0.1, 0.15) is 0 Å². The maximum atomic E-state index is 11.2. The highest BCUT2D eigenvalue weighted by atomic mass is 16.5. The first-order valence-corrected chi connectivity index (χ1v) is 4.49. The Morgan fingerprint density at radius 1 is 1.50 bits per heavy atom. The molecule has 0 aliphatic heterocycles. The molecular formula is C10H16N2O2. The average Bonchev–Trinajstić information content (AvgIpc) is 2.45. The molecule has 0 bridgehead atoms. The van der Waals surface area contributed by atoms with Crippen LogP contribution in [0.4, 0.5) is 0 Å². The first kappa shape index (κ1) is 10.8. The molecule has 0 saturated heterocycles. The van der Waals surface area contributed by atoms with Gasteiger partial charge in [0.2, 0.25) is 0 Å². The van der Waals surface area contributed by atoms with E-state index in [4.69, 9.17) is 0 Å². The predicted molar refractivity (Wildman–Crippen MR) is 53.2 cm³/mol. The van der Waals surface area contributed by atoms with Gasteiger partial charge in [0.05, 0.1) is 7.11 Å². The summed E-state index contributed by atoms with van der Waals surface area (Å²) in [6.45, 7) is 6.22. The summed E-state index contributed by atoms with van der Waals surface area (Å²) < 4.78 is 6.32. The maximum Gasteiger partial charge on any atom is 0.358 e. The molecule has 0 aromatic carbocycles. The summed E-state index contributed by atoms with van der Waals surface area (Å²) in [6, 6.07) is 1.77. The minimum absolute atomic E-state index is 0.0198. The van der Waals surface area contributed by atoms with E-state index in [1.165, 1.54) is 7.11 Å². The summed E-state index contributed by atoms with van der Waals surface area (Å²) in [5, 5.41) is 4.09. The van der Waals surface area contributed by atoms with Crippen LogP contribution < -0.4 is 0 Å². The highest BCUT2D eigenvalue weighted by Crippen LogP contribution is 2.22. The lowest BCUT2D eigenvalue weighted by Crippen LogP contribution is -2.16. The van der Waals surface area contributed by atoms with Crippen LogP contribution in [0.2, 0.25) is 0 Å². The normalized spacial score (nSPS) is 11.5. The molecule has 1 aromatic rings. The molecule has 14 heavy (non-hydrogen) atoms. The number of ether oxygens (including phenoxy) is 1. The molecule has 78 valence electrons. The molecule has 0 aliphatic rings. The average molecular weight is 196 g/mol. The molecule has 0 saturated carbocycles. The van der Waals surface area contributed by atoms with E-state index in [1.807, 2.05) is 7.05 Å². The van der Waals surface area contributed by atoms with E-state index in [2.05, 4.69) is 30.6 Å². The number of aromatic nitrogens is 2. The Morgan fingerprint density at radius 3 is 2.43 bits per heavy atom. The number of carbonyl (C=O) groups is 1. The zero-order valence-corrected chi connectivity index (χ0v) is 9.29. The standard InChI is InChI=1S/C10H16N2O2/c1-10(2,3)8-6-7(9(13)14-5)11-12(8)4/h6H,1-5H3. The molecule has 0 fully saturated rings. The second-order valence-corrected chi connectivity index (χ2v) is 4.28. The third-order valence-electron chi connectivity index (χ3n) is 2.04. The van der Waals surface area contributed by atoms with E-state index >= 15 is 0 Å². The van der Waals surface area contributed by atoms with Crippen molar-refractivity contribution >= 4 is 5.97 Å². The van der Waals surface area contributed by atoms with E-state index in [0.717, 1.165) is 5.69 Å². The van der Waals surface area contributed by atoms with Crippen molar-refractivity contribution in [3.8, 4) is 0 Å². The third-order valence-corrected chi connectivity index (χ3v) is 2.04. The predicted octanol–water partition coefficient (Wildman–Crippen LogP) is 1.50. The number of aryl methyl sites for hydroxylation is 1. The Balaban J connectivity index is 3.12. The summed E-state index contributed by atoms with van der Waals surface area (Å²) >= 11 is 0. The Hall–Kier alpha value is -1.32. The van der Waals surface area contributed by atoms with Gasteiger partial charge in [0.15, 0.2) is 5.69 Å². The zero-order chi connectivity index (χ0) is 10.9. The molecule has 0 N–H and O–H groups in total. The first-order valence-electron chi connectivity index (χ1n) is 4.49. The van der Waals surface area contributed by atoms with Crippen molar-refractivity contribution in [3.63, 3.8) is 0 Å². The number of nitrogens with zero attached hydrogens (tertiary/aromatic N) is 2. The lowest BCUT2D eigenvalue weighted by Gasteiger charge is -2.17. The molecule has 0 unspecified atom stereocenters. The molecule has 1 heterocycles. The maximum absolute atomic E-state index is 11.2. The van der Waals surface area contributed by atoms with Gasteiger partial charge in [-0.05, 0) is 6.07 Å². The van der Waals surface area contributed by atoms with Crippen molar-refractivity contribution < 1.29 is 9.53 Å². The lowest BCUT2D eigenvalue weighted by atomic mass is 9.92.